The van der Waals surface area contributed by atoms with Gasteiger partial charge in [0.05, 0.1) is 7.11 Å². The molecular formula is C24H27N3O4. The highest BCUT2D eigenvalue weighted by atomic mass is 16.5. The summed E-state index contributed by atoms with van der Waals surface area (Å²) in [5.41, 5.74) is 2.43. The predicted molar refractivity (Wildman–Crippen MR) is 115 cm³/mol. The normalized spacial score (nSPS) is 18.5. The summed E-state index contributed by atoms with van der Waals surface area (Å²) in [6.07, 6.45) is 2.69. The van der Waals surface area contributed by atoms with Crippen molar-refractivity contribution in [3.8, 4) is 5.75 Å². The van der Waals surface area contributed by atoms with Crippen molar-refractivity contribution < 1.29 is 19.1 Å². The van der Waals surface area contributed by atoms with E-state index in [4.69, 9.17) is 4.74 Å². The number of piperazine rings is 1. The van der Waals surface area contributed by atoms with E-state index in [0.29, 0.717) is 25.2 Å². The van der Waals surface area contributed by atoms with Gasteiger partial charge in [-0.15, -0.1) is 0 Å². The summed E-state index contributed by atoms with van der Waals surface area (Å²) in [4.78, 5) is 41.0. The minimum absolute atomic E-state index is 0.0267. The molecule has 0 bridgehead atoms. The van der Waals surface area contributed by atoms with Gasteiger partial charge in [0.15, 0.2) is 0 Å². The Morgan fingerprint density at radius 3 is 2.45 bits per heavy atom. The van der Waals surface area contributed by atoms with Crippen LogP contribution < -0.4 is 10.1 Å². The zero-order valence-corrected chi connectivity index (χ0v) is 17.7. The summed E-state index contributed by atoms with van der Waals surface area (Å²) < 4.78 is 5.14. The molecule has 0 saturated carbocycles. The fourth-order valence-corrected chi connectivity index (χ4v) is 4.17. The Balaban J connectivity index is 1.33. The average molecular weight is 421 g/mol. The molecule has 2 aliphatic rings. The number of hydrogen-bond acceptors (Lipinski definition) is 4. The lowest BCUT2D eigenvalue weighted by atomic mass is 9.98. The molecule has 7 heteroatoms. The molecule has 2 aromatic rings. The van der Waals surface area contributed by atoms with Crippen LogP contribution in [0.5, 0.6) is 5.75 Å². The minimum Gasteiger partial charge on any atom is -0.497 e. The predicted octanol–water partition coefficient (Wildman–Crippen LogP) is 2.35. The topological polar surface area (TPSA) is 79.0 Å². The van der Waals surface area contributed by atoms with Crippen molar-refractivity contribution in [2.45, 2.75) is 38.4 Å². The summed E-state index contributed by atoms with van der Waals surface area (Å²) in [5, 5.41) is 2.90. The van der Waals surface area contributed by atoms with Gasteiger partial charge in [0.2, 0.25) is 11.8 Å². The molecule has 0 unspecified atom stereocenters. The first-order valence-electron chi connectivity index (χ1n) is 10.6. The van der Waals surface area contributed by atoms with Gasteiger partial charge in [-0.25, -0.2) is 0 Å². The van der Waals surface area contributed by atoms with Crippen LogP contribution in [0.3, 0.4) is 0 Å². The smallest absolute Gasteiger partial charge is 0.251 e. The van der Waals surface area contributed by atoms with E-state index in [2.05, 4.69) is 5.32 Å². The Kier molecular flexibility index (Phi) is 6.21. The molecule has 2 heterocycles. The molecule has 2 saturated heterocycles. The van der Waals surface area contributed by atoms with E-state index >= 15 is 0 Å². The summed E-state index contributed by atoms with van der Waals surface area (Å²) in [5.74, 6) is 0.666. The van der Waals surface area contributed by atoms with Crippen molar-refractivity contribution in [2.24, 2.45) is 0 Å². The van der Waals surface area contributed by atoms with E-state index < -0.39 is 0 Å². The maximum Gasteiger partial charge on any atom is 0.251 e. The molecule has 162 valence electrons. The SMILES string of the molecule is COc1ccc(CNC(=O)c2ccc(CN3CC(=O)N4CCCC[C@H]4C3=O)cc2)cc1. The van der Waals surface area contributed by atoms with Gasteiger partial charge in [0.25, 0.3) is 5.91 Å². The van der Waals surface area contributed by atoms with E-state index in [1.165, 1.54) is 0 Å². The number of nitrogens with one attached hydrogen (secondary N) is 1. The first-order valence-corrected chi connectivity index (χ1v) is 10.6. The highest BCUT2D eigenvalue weighted by molar-refractivity contribution is 5.95. The number of carbonyl (C=O) groups is 3. The maximum atomic E-state index is 12.8. The van der Waals surface area contributed by atoms with E-state index in [1.807, 2.05) is 36.4 Å². The van der Waals surface area contributed by atoms with E-state index in [9.17, 15) is 14.4 Å². The van der Waals surface area contributed by atoms with Crippen LogP contribution in [-0.2, 0) is 22.7 Å². The Morgan fingerprint density at radius 1 is 1.03 bits per heavy atom. The van der Waals surface area contributed by atoms with E-state index in [1.54, 1.807) is 29.0 Å². The zero-order chi connectivity index (χ0) is 21.8. The second kappa shape index (κ2) is 9.20. The molecule has 31 heavy (non-hydrogen) atoms. The van der Waals surface area contributed by atoms with Gasteiger partial charge in [-0.3, -0.25) is 14.4 Å². The summed E-state index contributed by atoms with van der Waals surface area (Å²) >= 11 is 0. The number of amides is 3. The third-order valence-electron chi connectivity index (χ3n) is 5.95. The molecule has 0 spiro atoms. The maximum absolute atomic E-state index is 12.8. The van der Waals surface area contributed by atoms with Gasteiger partial charge in [-0.05, 0) is 54.7 Å². The molecule has 4 rings (SSSR count). The average Bonchev–Trinajstić information content (AvgIpc) is 2.81. The summed E-state index contributed by atoms with van der Waals surface area (Å²) in [6, 6.07) is 14.4. The van der Waals surface area contributed by atoms with Gasteiger partial charge in [-0.2, -0.15) is 0 Å². The summed E-state index contributed by atoms with van der Waals surface area (Å²) in [6.45, 7) is 1.61. The molecular weight excluding hydrogens is 394 g/mol. The molecule has 2 aromatic carbocycles. The Morgan fingerprint density at radius 2 is 1.74 bits per heavy atom. The van der Waals surface area contributed by atoms with Crippen LogP contribution in [-0.4, -0.2) is 53.8 Å². The van der Waals surface area contributed by atoms with Crippen LogP contribution in [0, 0.1) is 0 Å². The lowest BCUT2D eigenvalue weighted by Crippen LogP contribution is -2.60. The molecule has 0 aromatic heterocycles. The zero-order valence-electron chi connectivity index (χ0n) is 17.7. The molecule has 0 radical (unpaired) electrons. The van der Waals surface area contributed by atoms with Gasteiger partial charge in [0.1, 0.15) is 18.3 Å². The van der Waals surface area contributed by atoms with Crippen molar-refractivity contribution >= 4 is 17.7 Å². The Hall–Kier alpha value is -3.35. The third-order valence-corrected chi connectivity index (χ3v) is 5.95. The van der Waals surface area contributed by atoms with Crippen LogP contribution in [0.2, 0.25) is 0 Å². The quantitative estimate of drug-likeness (QED) is 0.777. The standard InChI is InChI=1S/C24H27N3O4/c1-31-20-11-7-17(8-12-20)14-25-23(29)19-9-5-18(6-10-19)15-26-16-22(28)27-13-3-2-4-21(27)24(26)30/h5-12,21H,2-4,13-16H2,1H3,(H,25,29)/t21-/m0/s1. The molecule has 2 aliphatic heterocycles. The lowest BCUT2D eigenvalue weighted by Gasteiger charge is -2.42. The highest BCUT2D eigenvalue weighted by Gasteiger charge is 2.40. The van der Waals surface area contributed by atoms with Gasteiger partial charge >= 0.3 is 0 Å². The number of fused-ring (bicyclic) bond motifs is 1. The van der Waals surface area contributed by atoms with Crippen LogP contribution in [0.4, 0.5) is 0 Å². The van der Waals surface area contributed by atoms with Crippen molar-refractivity contribution in [3.63, 3.8) is 0 Å². The molecule has 1 atom stereocenters. The van der Waals surface area contributed by atoms with Crippen molar-refractivity contribution in [2.75, 3.05) is 20.2 Å². The number of hydrogen-bond donors (Lipinski definition) is 1. The molecule has 3 amide bonds. The molecule has 7 nitrogen and oxygen atoms in total. The molecule has 1 N–H and O–H groups in total. The third kappa shape index (κ3) is 4.71. The first-order chi connectivity index (χ1) is 15.0. The number of benzene rings is 2. The van der Waals surface area contributed by atoms with Crippen molar-refractivity contribution in [1.82, 2.24) is 15.1 Å². The van der Waals surface area contributed by atoms with Crippen LogP contribution in [0.15, 0.2) is 48.5 Å². The second-order valence-corrected chi connectivity index (χ2v) is 8.02. The number of ether oxygens (including phenoxy) is 1. The van der Waals surface area contributed by atoms with Crippen LogP contribution in [0.1, 0.15) is 40.7 Å². The van der Waals surface area contributed by atoms with Gasteiger partial charge in [0, 0.05) is 25.2 Å². The Labute approximate surface area is 182 Å². The largest absolute Gasteiger partial charge is 0.497 e. The fraction of sp³-hybridized carbons (Fsp3) is 0.375. The van der Waals surface area contributed by atoms with Gasteiger partial charge < -0.3 is 19.9 Å². The van der Waals surface area contributed by atoms with Crippen molar-refractivity contribution in [1.29, 1.82) is 0 Å². The summed E-state index contributed by atoms with van der Waals surface area (Å²) in [7, 11) is 1.62. The molecule has 0 aliphatic carbocycles. The monoisotopic (exact) mass is 421 g/mol. The first kappa shape index (κ1) is 20.9. The van der Waals surface area contributed by atoms with Crippen LogP contribution in [0.25, 0.3) is 0 Å². The Bertz CT molecular complexity index is 956. The number of nitrogens with zero attached hydrogens (tertiary/aromatic N) is 2. The van der Waals surface area contributed by atoms with Crippen LogP contribution >= 0.6 is 0 Å². The minimum atomic E-state index is -0.307. The van der Waals surface area contributed by atoms with Crippen molar-refractivity contribution in [3.05, 3.63) is 65.2 Å². The number of piperidine rings is 1. The lowest BCUT2D eigenvalue weighted by molar-refractivity contribution is -0.158. The second-order valence-electron chi connectivity index (χ2n) is 8.02. The van der Waals surface area contributed by atoms with E-state index in [-0.39, 0.29) is 30.3 Å². The highest BCUT2D eigenvalue weighted by Crippen LogP contribution is 2.24. The molecule has 2 fully saturated rings. The van der Waals surface area contributed by atoms with Gasteiger partial charge in [-0.1, -0.05) is 24.3 Å². The number of methoxy groups -OCH3 is 1. The fourth-order valence-electron chi connectivity index (χ4n) is 4.17. The van der Waals surface area contributed by atoms with E-state index in [0.717, 1.165) is 36.1 Å². The number of rotatable bonds is 6. The number of carbonyl (C=O) groups excluding carboxylic acids is 3.